The summed E-state index contributed by atoms with van der Waals surface area (Å²) in [5.41, 5.74) is 1.73. The maximum Gasteiger partial charge on any atom is 0.267 e. The summed E-state index contributed by atoms with van der Waals surface area (Å²) in [5.74, 6) is 0.493. The van der Waals surface area contributed by atoms with E-state index in [1.54, 1.807) is 17.8 Å². The van der Waals surface area contributed by atoms with E-state index < -0.39 is 8.07 Å². The average molecular weight is 604 g/mol. The van der Waals surface area contributed by atoms with Crippen LogP contribution in [0.25, 0.3) is 0 Å². The zero-order chi connectivity index (χ0) is 23.3. The molecule has 1 aliphatic carbocycles. The molecule has 176 valence electrons. The van der Waals surface area contributed by atoms with Crippen LogP contribution in [0.15, 0.2) is 38.6 Å². The highest BCUT2D eigenvalue weighted by molar-refractivity contribution is 9.13. The Bertz CT molecular complexity index is 935. The lowest BCUT2D eigenvalue weighted by molar-refractivity contribution is 0.0774. The number of imidazole rings is 1. The molecule has 2 aromatic rings. The van der Waals surface area contributed by atoms with E-state index in [1.807, 2.05) is 6.20 Å². The van der Waals surface area contributed by atoms with Crippen molar-refractivity contribution in [3.05, 3.63) is 44.9 Å². The van der Waals surface area contributed by atoms with Crippen molar-refractivity contribution in [2.24, 2.45) is 5.92 Å². The molecule has 1 amide bonds. The van der Waals surface area contributed by atoms with E-state index in [2.05, 4.69) is 89.8 Å². The number of carbonyl (C=O) groups excluding carboxylic acids is 1. The SMILES string of the molecule is CSc1ncc([C@H]2CC=CC[C@@H]2CNC(=O)c2cc(Br)c(Br)[nH]2)n1COCC[Si](C)(C)C. The fourth-order valence-electron chi connectivity index (χ4n) is 3.80. The number of aromatic amines is 1. The maximum absolute atomic E-state index is 12.6. The van der Waals surface area contributed by atoms with E-state index in [0.29, 0.717) is 24.9 Å². The van der Waals surface area contributed by atoms with E-state index in [1.165, 1.54) is 5.69 Å². The van der Waals surface area contributed by atoms with Gasteiger partial charge < -0.3 is 15.0 Å². The van der Waals surface area contributed by atoms with Crippen LogP contribution in [0.5, 0.6) is 0 Å². The highest BCUT2D eigenvalue weighted by Gasteiger charge is 2.29. The predicted molar refractivity (Wildman–Crippen MR) is 141 cm³/mol. The number of H-pyrrole nitrogens is 1. The Balaban J connectivity index is 1.68. The molecule has 0 saturated carbocycles. The summed E-state index contributed by atoms with van der Waals surface area (Å²) in [5, 5.41) is 4.09. The minimum atomic E-state index is -1.12. The van der Waals surface area contributed by atoms with Crippen molar-refractivity contribution in [2.75, 3.05) is 19.4 Å². The highest BCUT2D eigenvalue weighted by Crippen LogP contribution is 2.36. The van der Waals surface area contributed by atoms with Gasteiger partial charge in [-0.25, -0.2) is 4.98 Å². The van der Waals surface area contributed by atoms with Gasteiger partial charge in [-0.2, -0.15) is 0 Å². The molecule has 2 aromatic heterocycles. The summed E-state index contributed by atoms with van der Waals surface area (Å²) >= 11 is 8.45. The van der Waals surface area contributed by atoms with E-state index in [4.69, 9.17) is 4.74 Å². The van der Waals surface area contributed by atoms with Crippen LogP contribution in [0.2, 0.25) is 25.7 Å². The molecule has 0 saturated heterocycles. The number of hydrogen-bond donors (Lipinski definition) is 2. The summed E-state index contributed by atoms with van der Waals surface area (Å²) in [6, 6.07) is 2.94. The molecule has 1 aliphatic rings. The Hall–Kier alpha value is -0.813. The first-order chi connectivity index (χ1) is 15.2. The first-order valence-electron chi connectivity index (χ1n) is 10.8. The van der Waals surface area contributed by atoms with Crippen LogP contribution in [0.3, 0.4) is 0 Å². The minimum absolute atomic E-state index is 0.0994. The summed E-state index contributed by atoms with van der Waals surface area (Å²) in [6.07, 6.45) is 10.4. The zero-order valence-electron chi connectivity index (χ0n) is 19.1. The zero-order valence-corrected chi connectivity index (χ0v) is 24.1. The number of allylic oxidation sites excluding steroid dienone is 2. The largest absolute Gasteiger partial charge is 0.361 e. The van der Waals surface area contributed by atoms with Gasteiger partial charge in [-0.3, -0.25) is 9.36 Å². The molecular weight excluding hydrogens is 572 g/mol. The van der Waals surface area contributed by atoms with Gasteiger partial charge >= 0.3 is 0 Å². The van der Waals surface area contributed by atoms with Crippen molar-refractivity contribution in [3.63, 3.8) is 0 Å². The number of rotatable bonds is 10. The smallest absolute Gasteiger partial charge is 0.267 e. The minimum Gasteiger partial charge on any atom is -0.361 e. The van der Waals surface area contributed by atoms with Crippen molar-refractivity contribution < 1.29 is 9.53 Å². The molecule has 0 bridgehead atoms. The standard InChI is InChI=1S/C22H32Br2N4O2SSi/c1-31-22-26-13-19(28(22)14-30-9-10-32(2,3)4)16-8-6-5-7-15(16)12-25-21(29)18-11-17(23)20(24)27-18/h5-6,11,13,15-16,27H,7-10,12,14H2,1-4H3,(H,25,29)/t15-,16+/m1/s1. The molecule has 2 atom stereocenters. The van der Waals surface area contributed by atoms with E-state index in [0.717, 1.165) is 39.7 Å². The highest BCUT2D eigenvalue weighted by atomic mass is 79.9. The molecule has 0 unspecified atom stereocenters. The number of amides is 1. The summed E-state index contributed by atoms with van der Waals surface area (Å²) in [6.45, 7) is 9.02. The number of carbonyl (C=O) groups is 1. The molecule has 0 aromatic carbocycles. The van der Waals surface area contributed by atoms with Crippen molar-refractivity contribution in [3.8, 4) is 0 Å². The third kappa shape index (κ3) is 6.85. The Morgan fingerprint density at radius 3 is 2.75 bits per heavy atom. The van der Waals surface area contributed by atoms with Gasteiger partial charge in [-0.1, -0.05) is 43.6 Å². The van der Waals surface area contributed by atoms with Gasteiger partial charge in [-0.15, -0.1) is 0 Å². The normalized spacial score (nSPS) is 18.8. The number of nitrogens with zero attached hydrogens (tertiary/aromatic N) is 2. The Morgan fingerprint density at radius 2 is 2.09 bits per heavy atom. The monoisotopic (exact) mass is 602 g/mol. The average Bonchev–Trinajstić information content (AvgIpc) is 3.31. The van der Waals surface area contributed by atoms with Crippen molar-refractivity contribution >= 4 is 57.6 Å². The molecule has 2 heterocycles. The lowest BCUT2D eigenvalue weighted by Crippen LogP contribution is -2.33. The second-order valence-electron chi connectivity index (χ2n) is 9.31. The van der Waals surface area contributed by atoms with Gasteiger partial charge in [0.1, 0.15) is 12.4 Å². The molecule has 6 nitrogen and oxygen atoms in total. The number of ether oxygens (including phenoxy) is 1. The number of hydrogen-bond acceptors (Lipinski definition) is 4. The summed E-state index contributed by atoms with van der Waals surface area (Å²) in [4.78, 5) is 20.3. The van der Waals surface area contributed by atoms with Gasteiger partial charge in [-0.05, 0) is 69.0 Å². The summed E-state index contributed by atoms with van der Waals surface area (Å²) in [7, 11) is -1.12. The van der Waals surface area contributed by atoms with Gasteiger partial charge in [0.25, 0.3) is 5.91 Å². The van der Waals surface area contributed by atoms with Crippen LogP contribution in [-0.4, -0.2) is 47.9 Å². The predicted octanol–water partition coefficient (Wildman–Crippen LogP) is 6.25. The van der Waals surface area contributed by atoms with Gasteiger partial charge in [0.2, 0.25) is 0 Å². The number of halogens is 2. The number of nitrogens with one attached hydrogen (secondary N) is 2. The van der Waals surface area contributed by atoms with E-state index >= 15 is 0 Å². The first-order valence-corrected chi connectivity index (χ1v) is 17.4. The lowest BCUT2D eigenvalue weighted by atomic mass is 9.81. The van der Waals surface area contributed by atoms with E-state index in [-0.39, 0.29) is 11.8 Å². The van der Waals surface area contributed by atoms with Crippen molar-refractivity contribution in [2.45, 2.75) is 56.3 Å². The first kappa shape index (κ1) is 25.8. The quantitative estimate of drug-likeness (QED) is 0.146. The molecule has 0 fully saturated rings. The summed E-state index contributed by atoms with van der Waals surface area (Å²) < 4.78 is 9.90. The van der Waals surface area contributed by atoms with Crippen LogP contribution in [0.1, 0.15) is 34.9 Å². The second kappa shape index (κ2) is 11.5. The Labute approximate surface area is 212 Å². The molecular formula is C22H32Br2N4O2SSi. The Kier molecular flexibility index (Phi) is 9.31. The van der Waals surface area contributed by atoms with Crippen molar-refractivity contribution in [1.29, 1.82) is 0 Å². The van der Waals surface area contributed by atoms with Crippen LogP contribution >= 0.6 is 43.6 Å². The number of thioether (sulfide) groups is 1. The maximum atomic E-state index is 12.6. The van der Waals surface area contributed by atoms with Crippen LogP contribution in [-0.2, 0) is 11.5 Å². The molecule has 32 heavy (non-hydrogen) atoms. The molecule has 3 rings (SSSR count). The van der Waals surface area contributed by atoms with Crippen LogP contribution < -0.4 is 5.32 Å². The van der Waals surface area contributed by atoms with Gasteiger partial charge in [0.15, 0.2) is 5.16 Å². The Morgan fingerprint density at radius 1 is 1.34 bits per heavy atom. The van der Waals surface area contributed by atoms with Crippen LogP contribution in [0, 0.1) is 5.92 Å². The fraction of sp³-hybridized carbons (Fsp3) is 0.545. The second-order valence-corrected chi connectivity index (χ2v) is 17.4. The molecule has 0 aliphatic heterocycles. The molecule has 0 spiro atoms. The lowest BCUT2D eigenvalue weighted by Gasteiger charge is -2.29. The van der Waals surface area contributed by atoms with Gasteiger partial charge in [0, 0.05) is 39.0 Å². The number of aromatic nitrogens is 3. The molecule has 2 N–H and O–H groups in total. The molecule has 10 heteroatoms. The van der Waals surface area contributed by atoms with Gasteiger partial charge in [0.05, 0.1) is 9.08 Å². The van der Waals surface area contributed by atoms with Crippen molar-refractivity contribution in [1.82, 2.24) is 19.9 Å². The van der Waals surface area contributed by atoms with Crippen LogP contribution in [0.4, 0.5) is 0 Å². The fourth-order valence-corrected chi connectivity index (χ4v) is 5.75. The third-order valence-corrected chi connectivity index (χ3v) is 9.87. The van der Waals surface area contributed by atoms with E-state index in [9.17, 15) is 4.79 Å². The third-order valence-electron chi connectivity index (χ3n) is 5.69. The topological polar surface area (TPSA) is 71.9 Å². The molecule has 0 radical (unpaired) electrons.